The summed E-state index contributed by atoms with van der Waals surface area (Å²) in [5.41, 5.74) is 0.882. The SMILES string of the molecule is CNCCN(Cc1ccccc1O)c1nccc(N2CCCCCC2)n1. The molecule has 6 nitrogen and oxygen atoms in total. The van der Waals surface area contributed by atoms with Crippen LogP contribution in [0.5, 0.6) is 5.75 Å². The summed E-state index contributed by atoms with van der Waals surface area (Å²) in [6, 6.07) is 9.46. The van der Waals surface area contributed by atoms with Crippen molar-refractivity contribution < 1.29 is 5.11 Å². The molecule has 1 aliphatic rings. The molecule has 1 fully saturated rings. The molecule has 2 aromatic rings. The lowest BCUT2D eigenvalue weighted by Crippen LogP contribution is -2.32. The van der Waals surface area contributed by atoms with Gasteiger partial charge >= 0.3 is 0 Å². The van der Waals surface area contributed by atoms with E-state index in [1.54, 1.807) is 6.07 Å². The van der Waals surface area contributed by atoms with Crippen LogP contribution in [0.25, 0.3) is 0 Å². The Kier molecular flexibility index (Phi) is 6.66. The first-order valence-electron chi connectivity index (χ1n) is 9.52. The highest BCUT2D eigenvalue weighted by atomic mass is 16.3. The number of benzene rings is 1. The average molecular weight is 355 g/mol. The summed E-state index contributed by atoms with van der Waals surface area (Å²) in [4.78, 5) is 13.9. The molecule has 1 aromatic carbocycles. The van der Waals surface area contributed by atoms with Gasteiger partial charge in [-0.25, -0.2) is 4.98 Å². The summed E-state index contributed by atoms with van der Waals surface area (Å²) in [7, 11) is 1.94. The molecular formula is C20H29N5O. The van der Waals surface area contributed by atoms with E-state index in [4.69, 9.17) is 4.98 Å². The van der Waals surface area contributed by atoms with Crippen molar-refractivity contribution >= 4 is 11.8 Å². The predicted molar refractivity (Wildman–Crippen MR) is 106 cm³/mol. The number of likely N-dealkylation sites (N-methyl/N-ethyl adjacent to an activating group) is 1. The van der Waals surface area contributed by atoms with E-state index >= 15 is 0 Å². The van der Waals surface area contributed by atoms with E-state index in [0.29, 0.717) is 18.2 Å². The number of para-hydroxylation sites is 1. The monoisotopic (exact) mass is 355 g/mol. The lowest BCUT2D eigenvalue weighted by molar-refractivity contribution is 0.467. The topological polar surface area (TPSA) is 64.5 Å². The van der Waals surface area contributed by atoms with Gasteiger partial charge in [-0.2, -0.15) is 4.98 Å². The van der Waals surface area contributed by atoms with Gasteiger partial charge in [0.15, 0.2) is 0 Å². The standard InChI is InChI=1S/C20H29N5O/c1-21-12-15-25(16-17-8-4-5-9-18(17)26)20-22-11-10-19(23-20)24-13-6-2-3-7-14-24/h4-5,8-11,21,26H,2-3,6-7,12-16H2,1H3. The molecule has 0 aliphatic carbocycles. The summed E-state index contributed by atoms with van der Waals surface area (Å²) in [6.45, 7) is 4.30. The van der Waals surface area contributed by atoms with Crippen LogP contribution in [0, 0.1) is 0 Å². The first-order chi connectivity index (χ1) is 12.8. The molecule has 1 saturated heterocycles. The van der Waals surface area contributed by atoms with Gasteiger partial charge in [-0.3, -0.25) is 0 Å². The second-order valence-electron chi connectivity index (χ2n) is 6.77. The van der Waals surface area contributed by atoms with Crippen LogP contribution in [0.1, 0.15) is 31.2 Å². The molecule has 0 atom stereocenters. The third-order valence-corrected chi connectivity index (χ3v) is 4.83. The van der Waals surface area contributed by atoms with E-state index in [9.17, 15) is 5.11 Å². The molecular weight excluding hydrogens is 326 g/mol. The van der Waals surface area contributed by atoms with Gasteiger partial charge in [0, 0.05) is 44.5 Å². The second kappa shape index (κ2) is 9.38. The Labute approximate surface area is 155 Å². The van der Waals surface area contributed by atoms with Crippen LogP contribution in [0.15, 0.2) is 36.5 Å². The Hall–Kier alpha value is -2.34. The lowest BCUT2D eigenvalue weighted by Gasteiger charge is -2.26. The van der Waals surface area contributed by atoms with E-state index < -0.39 is 0 Å². The Morgan fingerprint density at radius 1 is 1.12 bits per heavy atom. The van der Waals surface area contributed by atoms with Crippen molar-refractivity contribution in [3.05, 3.63) is 42.1 Å². The summed E-state index contributed by atoms with van der Waals surface area (Å²) in [5, 5.41) is 13.3. The molecule has 0 bridgehead atoms. The van der Waals surface area contributed by atoms with Gasteiger partial charge in [-0.05, 0) is 32.0 Å². The highest BCUT2D eigenvalue weighted by Gasteiger charge is 2.16. The van der Waals surface area contributed by atoms with Gasteiger partial charge < -0.3 is 20.2 Å². The molecule has 0 unspecified atom stereocenters. The van der Waals surface area contributed by atoms with Crippen LogP contribution in [-0.2, 0) is 6.54 Å². The molecule has 0 spiro atoms. The molecule has 2 N–H and O–H groups in total. The van der Waals surface area contributed by atoms with E-state index in [1.165, 1.54) is 25.7 Å². The number of phenolic OH excluding ortho intramolecular Hbond substituents is 1. The number of aromatic nitrogens is 2. The van der Waals surface area contributed by atoms with Crippen molar-refractivity contribution in [3.63, 3.8) is 0 Å². The zero-order chi connectivity index (χ0) is 18.2. The number of aromatic hydroxyl groups is 1. The van der Waals surface area contributed by atoms with Crippen molar-refractivity contribution in [2.75, 3.05) is 43.0 Å². The number of nitrogens with zero attached hydrogens (tertiary/aromatic N) is 4. The maximum atomic E-state index is 10.1. The Morgan fingerprint density at radius 2 is 1.88 bits per heavy atom. The molecule has 2 heterocycles. The lowest BCUT2D eigenvalue weighted by atomic mass is 10.2. The highest BCUT2D eigenvalue weighted by Crippen LogP contribution is 2.22. The number of rotatable bonds is 7. The molecule has 0 saturated carbocycles. The minimum Gasteiger partial charge on any atom is -0.508 e. The molecule has 26 heavy (non-hydrogen) atoms. The fraction of sp³-hybridized carbons (Fsp3) is 0.500. The minimum absolute atomic E-state index is 0.311. The molecule has 6 heteroatoms. The summed E-state index contributed by atoms with van der Waals surface area (Å²) in [6.07, 6.45) is 6.90. The Morgan fingerprint density at radius 3 is 2.62 bits per heavy atom. The van der Waals surface area contributed by atoms with Crippen LogP contribution >= 0.6 is 0 Å². The minimum atomic E-state index is 0.311. The van der Waals surface area contributed by atoms with Gasteiger partial charge in [-0.1, -0.05) is 31.0 Å². The molecule has 1 aromatic heterocycles. The van der Waals surface area contributed by atoms with E-state index in [2.05, 4.69) is 20.1 Å². The Balaban J connectivity index is 1.81. The quantitative estimate of drug-likeness (QED) is 0.796. The molecule has 0 amide bonds. The van der Waals surface area contributed by atoms with Crippen molar-refractivity contribution in [1.82, 2.24) is 15.3 Å². The second-order valence-corrected chi connectivity index (χ2v) is 6.77. The van der Waals surface area contributed by atoms with Gasteiger partial charge in [0.2, 0.25) is 5.95 Å². The molecule has 1 aliphatic heterocycles. The number of hydrogen-bond acceptors (Lipinski definition) is 6. The van der Waals surface area contributed by atoms with Crippen LogP contribution in [0.3, 0.4) is 0 Å². The fourth-order valence-corrected chi connectivity index (χ4v) is 3.31. The number of hydrogen-bond donors (Lipinski definition) is 2. The maximum absolute atomic E-state index is 10.1. The fourth-order valence-electron chi connectivity index (χ4n) is 3.31. The Bertz CT molecular complexity index is 685. The van der Waals surface area contributed by atoms with Crippen molar-refractivity contribution in [1.29, 1.82) is 0 Å². The van der Waals surface area contributed by atoms with E-state index in [0.717, 1.165) is 37.6 Å². The zero-order valence-corrected chi connectivity index (χ0v) is 15.6. The van der Waals surface area contributed by atoms with Crippen LogP contribution in [0.4, 0.5) is 11.8 Å². The summed E-state index contributed by atoms with van der Waals surface area (Å²) in [5.74, 6) is 2.03. The molecule has 3 rings (SSSR count). The van der Waals surface area contributed by atoms with E-state index in [1.807, 2.05) is 37.5 Å². The van der Waals surface area contributed by atoms with Crippen LogP contribution in [-0.4, -0.2) is 48.3 Å². The third-order valence-electron chi connectivity index (χ3n) is 4.83. The summed E-state index contributed by atoms with van der Waals surface area (Å²) >= 11 is 0. The third kappa shape index (κ3) is 4.85. The maximum Gasteiger partial charge on any atom is 0.227 e. The zero-order valence-electron chi connectivity index (χ0n) is 15.6. The molecule has 140 valence electrons. The average Bonchev–Trinajstić information content (AvgIpc) is 2.96. The normalized spacial score (nSPS) is 14.9. The smallest absolute Gasteiger partial charge is 0.227 e. The van der Waals surface area contributed by atoms with E-state index in [-0.39, 0.29) is 0 Å². The molecule has 0 radical (unpaired) electrons. The largest absolute Gasteiger partial charge is 0.508 e. The first-order valence-corrected chi connectivity index (χ1v) is 9.52. The number of anilines is 2. The van der Waals surface area contributed by atoms with Crippen molar-refractivity contribution in [2.45, 2.75) is 32.2 Å². The van der Waals surface area contributed by atoms with Gasteiger partial charge in [0.1, 0.15) is 11.6 Å². The van der Waals surface area contributed by atoms with Crippen LogP contribution in [0.2, 0.25) is 0 Å². The van der Waals surface area contributed by atoms with Gasteiger partial charge in [0.05, 0.1) is 0 Å². The number of phenols is 1. The van der Waals surface area contributed by atoms with Crippen molar-refractivity contribution in [2.24, 2.45) is 0 Å². The van der Waals surface area contributed by atoms with Gasteiger partial charge in [-0.15, -0.1) is 0 Å². The van der Waals surface area contributed by atoms with Crippen LogP contribution < -0.4 is 15.1 Å². The first kappa shape index (κ1) is 18.5. The predicted octanol–water partition coefficient (Wildman–Crippen LogP) is 2.79. The highest BCUT2D eigenvalue weighted by molar-refractivity contribution is 5.45. The summed E-state index contributed by atoms with van der Waals surface area (Å²) < 4.78 is 0. The number of nitrogens with one attached hydrogen (secondary N) is 1. The van der Waals surface area contributed by atoms with Crippen molar-refractivity contribution in [3.8, 4) is 5.75 Å². The van der Waals surface area contributed by atoms with Gasteiger partial charge in [0.25, 0.3) is 0 Å².